The molecule has 4 heterocycles. The molecule has 1 amide bonds. The quantitative estimate of drug-likeness (QED) is 0.342. The Balaban J connectivity index is 1.78. The van der Waals surface area contributed by atoms with Gasteiger partial charge in [0.25, 0.3) is 0 Å². The van der Waals surface area contributed by atoms with Crippen molar-refractivity contribution in [3.63, 3.8) is 0 Å². The third-order valence-corrected chi connectivity index (χ3v) is 7.07. The summed E-state index contributed by atoms with van der Waals surface area (Å²) in [6, 6.07) is 7.67. The van der Waals surface area contributed by atoms with Crippen LogP contribution >= 0.6 is 11.6 Å². The predicted molar refractivity (Wildman–Crippen MR) is 149 cm³/mol. The highest BCUT2D eigenvalue weighted by molar-refractivity contribution is 6.33. The van der Waals surface area contributed by atoms with Gasteiger partial charge in [-0.1, -0.05) is 44.2 Å². The van der Waals surface area contributed by atoms with Crippen molar-refractivity contribution in [2.45, 2.75) is 32.7 Å². The van der Waals surface area contributed by atoms with Crippen LogP contribution in [0.3, 0.4) is 0 Å². The van der Waals surface area contributed by atoms with E-state index in [1.165, 1.54) is 22.9 Å². The summed E-state index contributed by atoms with van der Waals surface area (Å²) in [4.78, 5) is 47.7. The van der Waals surface area contributed by atoms with Gasteiger partial charge in [-0.2, -0.15) is 4.98 Å². The first-order chi connectivity index (χ1) is 18.7. The van der Waals surface area contributed by atoms with Crippen molar-refractivity contribution < 1.29 is 9.18 Å². The number of halogens is 2. The molecule has 0 bridgehead atoms. The van der Waals surface area contributed by atoms with E-state index >= 15 is 0 Å². The van der Waals surface area contributed by atoms with E-state index in [1.807, 2.05) is 25.7 Å². The Morgan fingerprint density at radius 1 is 1.15 bits per heavy atom. The lowest BCUT2D eigenvalue weighted by Crippen LogP contribution is -2.54. The summed E-state index contributed by atoms with van der Waals surface area (Å²) in [5.74, 6) is -0.0188. The molecule has 0 N–H and O–H groups in total. The minimum absolute atomic E-state index is 0.0517. The average molecular weight is 548 g/mol. The molecular formula is C28H27ClFN7O2. The van der Waals surface area contributed by atoms with Crippen LogP contribution in [0.1, 0.15) is 32.4 Å². The van der Waals surface area contributed by atoms with Crippen molar-refractivity contribution >= 4 is 34.4 Å². The number of nitrogens with zero attached hydrogens (tertiary/aromatic N) is 7. The molecule has 9 nitrogen and oxygen atoms in total. The molecule has 4 aromatic rings. The number of hydrogen-bond acceptors (Lipinski definition) is 7. The number of hydrogen-bond donors (Lipinski definition) is 0. The molecule has 0 radical (unpaired) electrons. The molecule has 200 valence electrons. The van der Waals surface area contributed by atoms with E-state index in [0.29, 0.717) is 42.4 Å². The molecule has 11 heteroatoms. The number of carbonyl (C=O) groups excluding carboxylic acids is 1. The zero-order valence-corrected chi connectivity index (χ0v) is 22.6. The van der Waals surface area contributed by atoms with Crippen LogP contribution in [0.4, 0.5) is 10.2 Å². The van der Waals surface area contributed by atoms with Gasteiger partial charge in [-0.3, -0.25) is 9.78 Å². The van der Waals surface area contributed by atoms with Crippen molar-refractivity contribution in [1.82, 2.24) is 29.4 Å². The van der Waals surface area contributed by atoms with Gasteiger partial charge in [-0.15, -0.1) is 0 Å². The molecule has 39 heavy (non-hydrogen) atoms. The standard InChI is InChI=1S/C28H27ClFN7O2/c1-5-22(38)35-12-13-36(17(4)15-35)25-19-14-20(29)24(18-8-6-7-9-21(18)30)33-26(19)37(28(39)34-25)27-23(16(2)3)31-10-11-32-27/h5-11,14,16-17H,1,12-13,15H2,2-4H3/t17-/m0/s1. The van der Waals surface area contributed by atoms with E-state index in [0.717, 1.165) is 0 Å². The van der Waals surface area contributed by atoms with Gasteiger partial charge in [0.05, 0.1) is 21.8 Å². The van der Waals surface area contributed by atoms with Crippen LogP contribution < -0.4 is 10.6 Å². The Bertz CT molecular complexity index is 1660. The second-order valence-electron chi connectivity index (χ2n) is 9.67. The van der Waals surface area contributed by atoms with Gasteiger partial charge in [0.1, 0.15) is 11.6 Å². The fourth-order valence-electron chi connectivity index (χ4n) is 4.88. The first kappa shape index (κ1) is 26.4. The van der Waals surface area contributed by atoms with Gasteiger partial charge in [0.15, 0.2) is 11.5 Å². The lowest BCUT2D eigenvalue weighted by molar-refractivity contribution is -0.126. The number of pyridine rings is 1. The minimum atomic E-state index is -0.606. The van der Waals surface area contributed by atoms with Crippen LogP contribution in [0.2, 0.25) is 5.02 Å². The summed E-state index contributed by atoms with van der Waals surface area (Å²) in [5.41, 5.74) is 0.606. The van der Waals surface area contributed by atoms with Crippen LogP contribution in [-0.4, -0.2) is 61.0 Å². The average Bonchev–Trinajstić information content (AvgIpc) is 2.92. The van der Waals surface area contributed by atoms with Crippen molar-refractivity contribution in [3.8, 4) is 17.1 Å². The molecule has 1 atom stereocenters. The number of anilines is 1. The van der Waals surface area contributed by atoms with Crippen LogP contribution in [0.15, 0.2) is 60.2 Å². The van der Waals surface area contributed by atoms with Gasteiger partial charge < -0.3 is 9.80 Å². The molecule has 1 fully saturated rings. The van der Waals surface area contributed by atoms with E-state index in [-0.39, 0.29) is 39.8 Å². The summed E-state index contributed by atoms with van der Waals surface area (Å²) >= 11 is 6.71. The Morgan fingerprint density at radius 2 is 1.90 bits per heavy atom. The van der Waals surface area contributed by atoms with E-state index in [4.69, 9.17) is 16.6 Å². The maximum Gasteiger partial charge on any atom is 0.357 e. The van der Waals surface area contributed by atoms with Gasteiger partial charge >= 0.3 is 5.69 Å². The molecule has 3 aromatic heterocycles. The van der Waals surface area contributed by atoms with Crippen LogP contribution in [0.25, 0.3) is 28.1 Å². The smallest absolute Gasteiger partial charge is 0.350 e. The van der Waals surface area contributed by atoms with Gasteiger partial charge in [-0.25, -0.2) is 23.7 Å². The second kappa shape index (κ2) is 10.5. The predicted octanol–water partition coefficient (Wildman–Crippen LogP) is 4.38. The Morgan fingerprint density at radius 3 is 2.59 bits per heavy atom. The molecular weight excluding hydrogens is 521 g/mol. The number of piperazine rings is 1. The van der Waals surface area contributed by atoms with Crippen molar-refractivity contribution in [3.05, 3.63) is 82.4 Å². The third-order valence-electron chi connectivity index (χ3n) is 6.78. The highest BCUT2D eigenvalue weighted by Gasteiger charge is 2.30. The fraction of sp³-hybridized carbons (Fsp3) is 0.286. The SMILES string of the molecule is C=CC(=O)N1CCN(c2nc(=O)n(-c3nccnc3C(C)C)c3nc(-c4ccccc4F)c(Cl)cc23)[C@@H](C)C1. The molecule has 0 saturated carbocycles. The van der Waals surface area contributed by atoms with Crippen LogP contribution in [0.5, 0.6) is 0 Å². The van der Waals surface area contributed by atoms with Crippen molar-refractivity contribution in [2.75, 3.05) is 24.5 Å². The van der Waals surface area contributed by atoms with Crippen molar-refractivity contribution in [1.29, 1.82) is 0 Å². The first-order valence-corrected chi connectivity index (χ1v) is 13.0. The summed E-state index contributed by atoms with van der Waals surface area (Å²) in [6.45, 7) is 10.7. The lowest BCUT2D eigenvalue weighted by Gasteiger charge is -2.40. The molecule has 1 aliphatic heterocycles. The number of aromatic nitrogens is 5. The molecule has 0 spiro atoms. The summed E-state index contributed by atoms with van der Waals surface area (Å²) in [5, 5.41) is 0.701. The molecule has 0 unspecified atom stereocenters. The molecule has 5 rings (SSSR count). The number of rotatable bonds is 5. The Labute approximate surface area is 229 Å². The van der Waals surface area contributed by atoms with E-state index in [9.17, 15) is 14.0 Å². The summed E-state index contributed by atoms with van der Waals surface area (Å²) in [7, 11) is 0. The zero-order valence-electron chi connectivity index (χ0n) is 21.8. The molecule has 1 saturated heterocycles. The number of amides is 1. The maximum atomic E-state index is 14.8. The minimum Gasteiger partial charge on any atom is -0.350 e. The fourth-order valence-corrected chi connectivity index (χ4v) is 5.13. The topological polar surface area (TPSA) is 97.1 Å². The van der Waals surface area contributed by atoms with E-state index in [2.05, 4.69) is 21.5 Å². The third kappa shape index (κ3) is 4.76. The molecule has 0 aliphatic carbocycles. The first-order valence-electron chi connectivity index (χ1n) is 12.6. The second-order valence-corrected chi connectivity index (χ2v) is 10.1. The normalized spacial score (nSPS) is 15.7. The van der Waals surface area contributed by atoms with Crippen LogP contribution in [0, 0.1) is 5.82 Å². The lowest BCUT2D eigenvalue weighted by atomic mass is 10.1. The zero-order chi connectivity index (χ0) is 27.8. The van der Waals surface area contributed by atoms with Gasteiger partial charge in [0.2, 0.25) is 5.91 Å². The van der Waals surface area contributed by atoms with Gasteiger partial charge in [0, 0.05) is 43.6 Å². The number of benzene rings is 1. The Kier molecular flexibility index (Phi) is 7.14. The summed E-state index contributed by atoms with van der Waals surface area (Å²) < 4.78 is 16.1. The van der Waals surface area contributed by atoms with Crippen molar-refractivity contribution in [2.24, 2.45) is 0 Å². The van der Waals surface area contributed by atoms with E-state index in [1.54, 1.807) is 35.4 Å². The number of fused-ring (bicyclic) bond motifs is 1. The molecule has 1 aromatic carbocycles. The number of carbonyl (C=O) groups is 1. The highest BCUT2D eigenvalue weighted by atomic mass is 35.5. The Hall–Kier alpha value is -4.18. The van der Waals surface area contributed by atoms with Gasteiger partial charge in [-0.05, 0) is 37.1 Å². The van der Waals surface area contributed by atoms with Crippen LogP contribution in [-0.2, 0) is 4.79 Å². The molecule has 1 aliphatic rings. The summed E-state index contributed by atoms with van der Waals surface area (Å²) in [6.07, 6.45) is 4.35. The maximum absolute atomic E-state index is 14.8. The highest BCUT2D eigenvalue weighted by Crippen LogP contribution is 2.35. The largest absolute Gasteiger partial charge is 0.357 e. The monoisotopic (exact) mass is 547 g/mol. The van der Waals surface area contributed by atoms with E-state index < -0.39 is 11.5 Å².